The van der Waals surface area contributed by atoms with Crippen molar-refractivity contribution in [3.05, 3.63) is 0 Å². The van der Waals surface area contributed by atoms with E-state index >= 15 is 0 Å². The summed E-state index contributed by atoms with van der Waals surface area (Å²) >= 11 is 0. The smallest absolute Gasteiger partial charge is 0.234 e. The normalized spacial score (nSPS) is 26.6. The molecule has 6 heteroatoms. The number of amides is 2. The zero-order valence-corrected chi connectivity index (χ0v) is 17.0. The average molecular weight is 379 g/mol. The van der Waals surface area contributed by atoms with E-state index in [1.54, 1.807) is 0 Å². The van der Waals surface area contributed by atoms with Crippen molar-refractivity contribution in [2.45, 2.75) is 64.3 Å². The quantitative estimate of drug-likeness (QED) is 0.737. The van der Waals surface area contributed by atoms with E-state index in [-0.39, 0.29) is 5.91 Å². The molecule has 2 atom stereocenters. The molecule has 27 heavy (non-hydrogen) atoms. The van der Waals surface area contributed by atoms with Crippen molar-refractivity contribution in [3.63, 3.8) is 0 Å². The highest BCUT2D eigenvalue weighted by molar-refractivity contribution is 5.78. The Labute approximate surface area is 164 Å². The first-order valence-electron chi connectivity index (χ1n) is 11.1. The first-order valence-corrected chi connectivity index (χ1v) is 11.1. The molecule has 0 bridgehead atoms. The van der Waals surface area contributed by atoms with Crippen LogP contribution in [-0.4, -0.2) is 73.5 Å². The topological polar surface area (TPSA) is 64.7 Å². The van der Waals surface area contributed by atoms with Crippen molar-refractivity contribution in [2.75, 3.05) is 45.8 Å². The van der Waals surface area contributed by atoms with Gasteiger partial charge in [0.25, 0.3) is 0 Å². The number of piperazine rings is 1. The Morgan fingerprint density at radius 1 is 1.04 bits per heavy atom. The second-order valence-corrected chi connectivity index (χ2v) is 8.85. The highest BCUT2D eigenvalue weighted by Gasteiger charge is 2.27. The van der Waals surface area contributed by atoms with Crippen LogP contribution in [0.2, 0.25) is 0 Å². The van der Waals surface area contributed by atoms with Gasteiger partial charge < -0.3 is 15.5 Å². The first kappa shape index (κ1) is 20.6. The summed E-state index contributed by atoms with van der Waals surface area (Å²) in [7, 11) is 0. The molecule has 1 aliphatic carbocycles. The van der Waals surface area contributed by atoms with Crippen LogP contribution in [0.25, 0.3) is 0 Å². The average Bonchev–Trinajstić information content (AvgIpc) is 2.70. The summed E-state index contributed by atoms with van der Waals surface area (Å²) < 4.78 is 0. The SMILES string of the molecule is CC(CC(=O)N1CCN(CC(=O)NC2CCCCC2)CC1)C1CCCNC1. The summed E-state index contributed by atoms with van der Waals surface area (Å²) in [6.07, 6.45) is 9.16. The number of piperidine rings is 1. The van der Waals surface area contributed by atoms with Crippen LogP contribution in [0.5, 0.6) is 0 Å². The Morgan fingerprint density at radius 2 is 1.78 bits per heavy atom. The standard InChI is InChI=1S/C21H38N4O2/c1-17(18-6-5-9-22-15-18)14-21(27)25-12-10-24(11-13-25)16-20(26)23-19-7-3-2-4-8-19/h17-19,22H,2-16H2,1H3,(H,23,26). The molecule has 0 aromatic carbocycles. The van der Waals surface area contributed by atoms with Crippen molar-refractivity contribution in [3.8, 4) is 0 Å². The Bertz CT molecular complexity index is 479. The van der Waals surface area contributed by atoms with Crippen molar-refractivity contribution in [2.24, 2.45) is 11.8 Å². The van der Waals surface area contributed by atoms with Crippen molar-refractivity contribution >= 4 is 11.8 Å². The predicted octanol–water partition coefficient (Wildman–Crippen LogP) is 1.61. The number of carbonyl (C=O) groups excluding carboxylic acids is 2. The molecule has 0 spiro atoms. The summed E-state index contributed by atoms with van der Waals surface area (Å²) in [5.74, 6) is 1.52. The van der Waals surface area contributed by atoms with Crippen LogP contribution in [-0.2, 0) is 9.59 Å². The van der Waals surface area contributed by atoms with Crippen LogP contribution in [0.4, 0.5) is 0 Å². The molecule has 154 valence electrons. The Hall–Kier alpha value is -1.14. The predicted molar refractivity (Wildman–Crippen MR) is 107 cm³/mol. The van der Waals surface area contributed by atoms with Gasteiger partial charge in [0.2, 0.25) is 11.8 Å². The monoisotopic (exact) mass is 378 g/mol. The minimum Gasteiger partial charge on any atom is -0.352 e. The molecule has 3 rings (SSSR count). The van der Waals surface area contributed by atoms with Gasteiger partial charge in [-0.2, -0.15) is 0 Å². The first-order chi connectivity index (χ1) is 13.1. The fourth-order valence-electron chi connectivity index (χ4n) is 4.81. The van der Waals surface area contributed by atoms with E-state index in [1.165, 1.54) is 32.1 Å². The highest BCUT2D eigenvalue weighted by Crippen LogP contribution is 2.23. The molecule has 2 aliphatic heterocycles. The Kier molecular flexibility index (Phi) is 7.94. The number of hydrogen-bond acceptors (Lipinski definition) is 4. The van der Waals surface area contributed by atoms with E-state index in [2.05, 4.69) is 22.5 Å². The van der Waals surface area contributed by atoms with E-state index in [9.17, 15) is 9.59 Å². The van der Waals surface area contributed by atoms with Crippen molar-refractivity contribution in [1.82, 2.24) is 20.4 Å². The lowest BCUT2D eigenvalue weighted by atomic mass is 9.85. The zero-order valence-electron chi connectivity index (χ0n) is 17.0. The van der Waals surface area contributed by atoms with E-state index in [0.29, 0.717) is 36.8 Å². The lowest BCUT2D eigenvalue weighted by Gasteiger charge is -2.36. The lowest BCUT2D eigenvalue weighted by molar-refractivity contribution is -0.134. The van der Waals surface area contributed by atoms with Gasteiger partial charge in [0.15, 0.2) is 0 Å². The van der Waals surface area contributed by atoms with Gasteiger partial charge >= 0.3 is 0 Å². The maximum atomic E-state index is 12.7. The Balaban J connectivity index is 1.34. The molecule has 3 aliphatic rings. The van der Waals surface area contributed by atoms with Crippen LogP contribution >= 0.6 is 0 Å². The van der Waals surface area contributed by atoms with E-state index in [4.69, 9.17) is 0 Å². The molecule has 1 saturated carbocycles. The molecule has 0 radical (unpaired) electrons. The maximum absolute atomic E-state index is 12.7. The van der Waals surface area contributed by atoms with Gasteiger partial charge in [-0.05, 0) is 50.6 Å². The molecule has 2 unspecified atom stereocenters. The fourth-order valence-corrected chi connectivity index (χ4v) is 4.81. The molecule has 2 saturated heterocycles. The fraction of sp³-hybridized carbons (Fsp3) is 0.905. The minimum absolute atomic E-state index is 0.153. The molecule has 0 aromatic heterocycles. The van der Waals surface area contributed by atoms with Crippen LogP contribution in [0.3, 0.4) is 0 Å². The van der Waals surface area contributed by atoms with Gasteiger partial charge in [-0.15, -0.1) is 0 Å². The van der Waals surface area contributed by atoms with E-state index in [0.717, 1.165) is 52.1 Å². The number of nitrogens with one attached hydrogen (secondary N) is 2. The van der Waals surface area contributed by atoms with Gasteiger partial charge in [-0.25, -0.2) is 0 Å². The minimum atomic E-state index is 0.153. The van der Waals surface area contributed by atoms with Gasteiger partial charge in [0.05, 0.1) is 6.54 Å². The molecule has 2 heterocycles. The third-order valence-corrected chi connectivity index (χ3v) is 6.70. The van der Waals surface area contributed by atoms with E-state index in [1.807, 2.05) is 4.90 Å². The van der Waals surface area contributed by atoms with Crippen LogP contribution in [0.1, 0.15) is 58.3 Å². The molecule has 2 N–H and O–H groups in total. The molecular formula is C21H38N4O2. The zero-order chi connectivity index (χ0) is 19.1. The summed E-state index contributed by atoms with van der Waals surface area (Å²) in [6, 6.07) is 0.380. The van der Waals surface area contributed by atoms with E-state index < -0.39 is 0 Å². The van der Waals surface area contributed by atoms with Crippen LogP contribution < -0.4 is 10.6 Å². The number of rotatable bonds is 6. The third kappa shape index (κ3) is 6.46. The second kappa shape index (κ2) is 10.4. The number of carbonyl (C=O) groups is 2. The summed E-state index contributed by atoms with van der Waals surface area (Å²) in [5, 5.41) is 6.65. The molecular weight excluding hydrogens is 340 g/mol. The van der Waals surface area contributed by atoms with Gasteiger partial charge in [-0.1, -0.05) is 26.2 Å². The number of nitrogens with zero attached hydrogens (tertiary/aromatic N) is 2. The van der Waals surface area contributed by atoms with Gasteiger partial charge in [0.1, 0.15) is 0 Å². The highest BCUT2D eigenvalue weighted by atomic mass is 16.2. The maximum Gasteiger partial charge on any atom is 0.234 e. The summed E-state index contributed by atoms with van der Waals surface area (Å²) in [6.45, 7) is 8.00. The molecule has 2 amide bonds. The third-order valence-electron chi connectivity index (χ3n) is 6.70. The number of hydrogen-bond donors (Lipinski definition) is 2. The second-order valence-electron chi connectivity index (χ2n) is 8.85. The Morgan fingerprint density at radius 3 is 2.44 bits per heavy atom. The summed E-state index contributed by atoms with van der Waals surface area (Å²) in [4.78, 5) is 29.1. The van der Waals surface area contributed by atoms with Gasteiger partial charge in [0, 0.05) is 38.6 Å². The largest absolute Gasteiger partial charge is 0.352 e. The molecule has 0 aromatic rings. The summed E-state index contributed by atoms with van der Waals surface area (Å²) in [5.41, 5.74) is 0. The molecule has 3 fully saturated rings. The van der Waals surface area contributed by atoms with Crippen molar-refractivity contribution < 1.29 is 9.59 Å². The van der Waals surface area contributed by atoms with Crippen LogP contribution in [0.15, 0.2) is 0 Å². The lowest BCUT2D eigenvalue weighted by Crippen LogP contribution is -2.52. The van der Waals surface area contributed by atoms with Gasteiger partial charge in [-0.3, -0.25) is 14.5 Å². The molecule has 6 nitrogen and oxygen atoms in total. The van der Waals surface area contributed by atoms with Crippen LogP contribution in [0, 0.1) is 11.8 Å². The van der Waals surface area contributed by atoms with Crippen molar-refractivity contribution in [1.29, 1.82) is 0 Å².